The Morgan fingerprint density at radius 1 is 0.571 bits per heavy atom. The van der Waals surface area contributed by atoms with Crippen LogP contribution in [0.5, 0.6) is 0 Å². The third-order valence-electron chi connectivity index (χ3n) is 13.3. The predicted octanol–water partition coefficient (Wildman–Crippen LogP) is 12.7. The van der Waals surface area contributed by atoms with Crippen molar-refractivity contribution >= 4 is 11.9 Å². The Kier molecular flexibility index (Phi) is 44.2. The second-order valence-corrected chi connectivity index (χ2v) is 19.7. The number of allylic oxidation sites excluding steroid dienone is 9. The van der Waals surface area contributed by atoms with Crippen LogP contribution in [0.1, 0.15) is 239 Å². The summed E-state index contributed by atoms with van der Waals surface area (Å²) in [6.45, 7) is 5.61. The number of ether oxygens (including phenoxy) is 3. The standard InChI is InChI=1S/C59H105NO10/c1-4-7-10-13-16-19-22-25-26-27-28-29-32-35-38-41-44-47-54(64)70-57-56(66)55(65)53(48-61)69-59(57)68-49-50(51(62)45-42-39-36-33-30-23-20-17-14-11-8-5-2)60-58(67)52(63)46-43-40-37-34-31-24-21-18-15-12-9-6-3/h9,12,15,18,21,24,31,34,42,45,50-53,55-57,59,61-63,65-66H,4-8,10-11,13-14,16-17,19-20,22-23,25-30,32-33,35-41,43-44,46-49H2,1-3H3,(H,60,67)/b12-9+,18-15+,24-21-,34-31-,45-42+. The molecule has 1 fully saturated rings. The zero-order valence-electron chi connectivity index (χ0n) is 44.6. The Balaban J connectivity index is 2.73. The van der Waals surface area contributed by atoms with Crippen molar-refractivity contribution in [2.24, 2.45) is 0 Å². The fourth-order valence-electron chi connectivity index (χ4n) is 8.72. The van der Waals surface area contributed by atoms with Gasteiger partial charge >= 0.3 is 5.97 Å². The number of carbonyl (C=O) groups is 2. The molecule has 1 aliphatic rings. The van der Waals surface area contributed by atoms with E-state index in [1.165, 1.54) is 135 Å². The summed E-state index contributed by atoms with van der Waals surface area (Å²) in [6.07, 6.45) is 47.0. The molecular weight excluding hydrogens is 883 g/mol. The first-order chi connectivity index (χ1) is 34.2. The van der Waals surface area contributed by atoms with E-state index in [1.54, 1.807) is 6.08 Å². The third kappa shape index (κ3) is 35.5. The van der Waals surface area contributed by atoms with Gasteiger partial charge in [-0.15, -0.1) is 0 Å². The molecule has 0 saturated carbocycles. The average molecular weight is 988 g/mol. The van der Waals surface area contributed by atoms with Crippen molar-refractivity contribution in [3.05, 3.63) is 60.8 Å². The van der Waals surface area contributed by atoms with Crippen LogP contribution in [-0.4, -0.2) is 99.6 Å². The molecular formula is C59H105NO10. The van der Waals surface area contributed by atoms with Crippen LogP contribution in [0.15, 0.2) is 60.8 Å². The van der Waals surface area contributed by atoms with Gasteiger partial charge in [0.1, 0.15) is 24.4 Å². The lowest BCUT2D eigenvalue weighted by Gasteiger charge is -2.41. The van der Waals surface area contributed by atoms with Gasteiger partial charge in [-0.25, -0.2) is 0 Å². The SMILES string of the molecule is CC/C=C/C=C/C=C\C=C/CCCCC(O)C(=O)NC(COC1OC(CO)C(O)C(O)C1OC(=O)CCCCCCCCCCCCCCCCCCC)C(O)/C=C/CCCCCCCCCCCC. The van der Waals surface area contributed by atoms with Crippen molar-refractivity contribution in [2.45, 2.75) is 288 Å². The molecule has 6 N–H and O–H groups in total. The Morgan fingerprint density at radius 3 is 1.54 bits per heavy atom. The molecule has 11 heteroatoms. The highest BCUT2D eigenvalue weighted by Gasteiger charge is 2.47. The maximum atomic E-state index is 13.3. The molecule has 70 heavy (non-hydrogen) atoms. The monoisotopic (exact) mass is 988 g/mol. The normalized spacial score (nSPS) is 20.1. The van der Waals surface area contributed by atoms with Crippen LogP contribution in [0.4, 0.5) is 0 Å². The van der Waals surface area contributed by atoms with Gasteiger partial charge in [0.05, 0.1) is 25.4 Å². The fraction of sp³-hybridized carbons (Fsp3) is 0.797. The second kappa shape index (κ2) is 47.4. The van der Waals surface area contributed by atoms with Crippen molar-refractivity contribution in [3.8, 4) is 0 Å². The minimum Gasteiger partial charge on any atom is -0.454 e. The van der Waals surface area contributed by atoms with Crippen LogP contribution in [0.25, 0.3) is 0 Å². The van der Waals surface area contributed by atoms with Gasteiger partial charge < -0.3 is 45.1 Å². The molecule has 8 atom stereocenters. The number of nitrogens with one attached hydrogen (secondary N) is 1. The number of esters is 1. The van der Waals surface area contributed by atoms with Crippen LogP contribution < -0.4 is 5.32 Å². The molecule has 1 saturated heterocycles. The molecule has 0 spiro atoms. The molecule has 1 heterocycles. The summed E-state index contributed by atoms with van der Waals surface area (Å²) in [5, 5.41) is 56.7. The number of aliphatic hydroxyl groups is 5. The first-order valence-corrected chi connectivity index (χ1v) is 28.6. The summed E-state index contributed by atoms with van der Waals surface area (Å²) in [6, 6.07) is -1.04. The molecule has 406 valence electrons. The van der Waals surface area contributed by atoms with E-state index in [0.29, 0.717) is 12.8 Å². The second-order valence-electron chi connectivity index (χ2n) is 19.7. The molecule has 0 radical (unpaired) electrons. The van der Waals surface area contributed by atoms with Crippen LogP contribution >= 0.6 is 0 Å². The molecule has 0 aliphatic carbocycles. The molecule has 8 unspecified atom stereocenters. The maximum Gasteiger partial charge on any atom is 0.306 e. The molecule has 0 aromatic heterocycles. The average Bonchev–Trinajstić information content (AvgIpc) is 3.36. The first-order valence-electron chi connectivity index (χ1n) is 28.6. The molecule has 1 aliphatic heterocycles. The lowest BCUT2D eigenvalue weighted by molar-refractivity contribution is -0.305. The summed E-state index contributed by atoms with van der Waals surface area (Å²) >= 11 is 0. The fourth-order valence-corrected chi connectivity index (χ4v) is 8.72. The van der Waals surface area contributed by atoms with Gasteiger partial charge in [0.25, 0.3) is 0 Å². The predicted molar refractivity (Wildman–Crippen MR) is 287 cm³/mol. The van der Waals surface area contributed by atoms with Crippen molar-refractivity contribution in [2.75, 3.05) is 13.2 Å². The molecule has 11 nitrogen and oxygen atoms in total. The Morgan fingerprint density at radius 2 is 1.03 bits per heavy atom. The number of unbranched alkanes of at least 4 members (excludes halogenated alkanes) is 28. The molecule has 0 aromatic carbocycles. The maximum absolute atomic E-state index is 13.3. The molecule has 1 amide bonds. The van der Waals surface area contributed by atoms with Crippen LogP contribution in [0, 0.1) is 0 Å². The zero-order valence-corrected chi connectivity index (χ0v) is 44.6. The smallest absolute Gasteiger partial charge is 0.306 e. The highest BCUT2D eigenvalue weighted by Crippen LogP contribution is 2.26. The molecule has 0 aromatic rings. The summed E-state index contributed by atoms with van der Waals surface area (Å²) in [4.78, 5) is 26.4. The van der Waals surface area contributed by atoms with E-state index in [4.69, 9.17) is 14.2 Å². The van der Waals surface area contributed by atoms with Crippen LogP contribution in [0.3, 0.4) is 0 Å². The summed E-state index contributed by atoms with van der Waals surface area (Å²) in [5.41, 5.74) is 0. The number of aliphatic hydroxyl groups excluding tert-OH is 5. The van der Waals surface area contributed by atoms with E-state index >= 15 is 0 Å². The number of rotatable bonds is 47. The summed E-state index contributed by atoms with van der Waals surface area (Å²) < 4.78 is 17.5. The topological polar surface area (TPSA) is 175 Å². The van der Waals surface area contributed by atoms with E-state index in [1.807, 2.05) is 48.6 Å². The summed E-state index contributed by atoms with van der Waals surface area (Å²) in [5.74, 6) is -1.23. The van der Waals surface area contributed by atoms with E-state index in [2.05, 4.69) is 32.2 Å². The van der Waals surface area contributed by atoms with Crippen LogP contribution in [-0.2, 0) is 23.8 Å². The van der Waals surface area contributed by atoms with Gasteiger partial charge in [0.15, 0.2) is 12.4 Å². The number of hydrogen-bond donors (Lipinski definition) is 6. The lowest BCUT2D eigenvalue weighted by Crippen LogP contribution is -2.61. The van der Waals surface area contributed by atoms with Crippen LogP contribution in [0.2, 0.25) is 0 Å². The van der Waals surface area contributed by atoms with Gasteiger partial charge in [-0.05, 0) is 44.9 Å². The number of hydrogen-bond acceptors (Lipinski definition) is 10. The van der Waals surface area contributed by atoms with E-state index in [9.17, 15) is 35.1 Å². The highest BCUT2D eigenvalue weighted by atomic mass is 16.7. The Labute approximate surface area is 427 Å². The Hall–Kier alpha value is -2.64. The molecule has 1 rings (SSSR count). The Bertz CT molecular complexity index is 1370. The van der Waals surface area contributed by atoms with Gasteiger partial charge in [-0.2, -0.15) is 0 Å². The first kappa shape index (κ1) is 65.4. The third-order valence-corrected chi connectivity index (χ3v) is 13.3. The van der Waals surface area contributed by atoms with E-state index < -0.39 is 67.4 Å². The van der Waals surface area contributed by atoms with Gasteiger partial charge in [0, 0.05) is 6.42 Å². The number of amides is 1. The largest absolute Gasteiger partial charge is 0.454 e. The van der Waals surface area contributed by atoms with Gasteiger partial charge in [-0.1, -0.05) is 248 Å². The lowest BCUT2D eigenvalue weighted by atomic mass is 9.99. The van der Waals surface area contributed by atoms with Crippen molar-refractivity contribution in [1.82, 2.24) is 5.32 Å². The minimum absolute atomic E-state index is 0.120. The minimum atomic E-state index is -1.62. The van der Waals surface area contributed by atoms with Crippen molar-refractivity contribution in [3.63, 3.8) is 0 Å². The van der Waals surface area contributed by atoms with Gasteiger partial charge in [-0.3, -0.25) is 9.59 Å². The van der Waals surface area contributed by atoms with Crippen molar-refractivity contribution < 1.29 is 49.3 Å². The zero-order chi connectivity index (χ0) is 51.1. The quantitative estimate of drug-likeness (QED) is 0.0149. The van der Waals surface area contributed by atoms with Crippen molar-refractivity contribution in [1.29, 1.82) is 0 Å². The number of carbonyl (C=O) groups excluding carboxylic acids is 2. The van der Waals surface area contributed by atoms with E-state index in [-0.39, 0.29) is 19.4 Å². The summed E-state index contributed by atoms with van der Waals surface area (Å²) in [7, 11) is 0. The molecule has 0 bridgehead atoms. The van der Waals surface area contributed by atoms with Gasteiger partial charge in [0.2, 0.25) is 5.91 Å². The van der Waals surface area contributed by atoms with E-state index in [0.717, 1.165) is 57.8 Å². The highest BCUT2D eigenvalue weighted by molar-refractivity contribution is 5.80.